The highest BCUT2D eigenvalue weighted by Crippen LogP contribution is 2.40. The van der Waals surface area contributed by atoms with Crippen molar-refractivity contribution in [1.82, 2.24) is 4.98 Å². The van der Waals surface area contributed by atoms with E-state index in [1.807, 2.05) is 11.3 Å². The first-order valence-corrected chi connectivity index (χ1v) is 10.2. The van der Waals surface area contributed by atoms with Gasteiger partial charge in [-0.05, 0) is 60.9 Å². The summed E-state index contributed by atoms with van der Waals surface area (Å²) in [5.74, 6) is 0.248. The molecule has 0 spiro atoms. The van der Waals surface area contributed by atoms with E-state index < -0.39 is 0 Å². The highest BCUT2D eigenvalue weighted by Gasteiger charge is 2.22. The Kier molecular flexibility index (Phi) is 4.53. The van der Waals surface area contributed by atoms with Crippen molar-refractivity contribution in [3.8, 4) is 0 Å². The summed E-state index contributed by atoms with van der Waals surface area (Å²) in [5, 5.41) is 1.32. The van der Waals surface area contributed by atoms with Crippen molar-refractivity contribution in [2.24, 2.45) is 0 Å². The van der Waals surface area contributed by atoms with Crippen LogP contribution in [0.25, 0.3) is 10.9 Å². The molecule has 0 unspecified atom stereocenters. The predicted octanol–water partition coefficient (Wildman–Crippen LogP) is 7.04. The number of hydrogen-bond acceptors (Lipinski definition) is 1. The Morgan fingerprint density at radius 3 is 2.72 bits per heavy atom. The van der Waals surface area contributed by atoms with Gasteiger partial charge in [0.05, 0.1) is 0 Å². The van der Waals surface area contributed by atoms with E-state index in [1.165, 1.54) is 37.3 Å². The van der Waals surface area contributed by atoms with Crippen LogP contribution in [0.1, 0.15) is 39.3 Å². The van der Waals surface area contributed by atoms with Crippen molar-refractivity contribution >= 4 is 38.2 Å². The lowest BCUT2D eigenvalue weighted by atomic mass is 9.89. The Hall–Kier alpha value is -1.84. The highest BCUT2D eigenvalue weighted by atomic mass is 79.9. The number of aromatic nitrogens is 1. The number of nitrogens with one attached hydrogen (secondary N) is 1. The van der Waals surface area contributed by atoms with Crippen molar-refractivity contribution in [3.05, 3.63) is 91.7 Å². The first kappa shape index (κ1) is 16.6. The molecule has 2 heterocycles. The Morgan fingerprint density at radius 2 is 1.96 bits per heavy atom. The van der Waals surface area contributed by atoms with Crippen molar-refractivity contribution in [1.29, 1.82) is 0 Å². The number of aryl methyl sites for hydroxylation is 2. The van der Waals surface area contributed by atoms with E-state index >= 15 is 0 Å². The number of benzene rings is 2. The zero-order valence-corrected chi connectivity index (χ0v) is 16.7. The molecule has 4 aromatic rings. The molecular weight excluding hydrogens is 390 g/mol. The third-order valence-corrected chi connectivity index (χ3v) is 6.47. The fourth-order valence-electron chi connectivity index (χ4n) is 3.42. The molecule has 126 valence electrons. The largest absolute Gasteiger partial charge is 0.361 e. The van der Waals surface area contributed by atoms with Gasteiger partial charge in [0, 0.05) is 37.2 Å². The summed E-state index contributed by atoms with van der Waals surface area (Å²) in [4.78, 5) is 6.30. The molecule has 0 fully saturated rings. The van der Waals surface area contributed by atoms with Crippen LogP contribution in [-0.4, -0.2) is 4.98 Å². The topological polar surface area (TPSA) is 15.8 Å². The summed E-state index contributed by atoms with van der Waals surface area (Å²) in [6, 6.07) is 19.9. The Labute approximate surface area is 160 Å². The number of rotatable bonds is 4. The van der Waals surface area contributed by atoms with E-state index in [-0.39, 0.29) is 5.92 Å². The van der Waals surface area contributed by atoms with Crippen LogP contribution in [0.15, 0.2) is 65.3 Å². The smallest absolute Gasteiger partial charge is 0.0457 e. The third kappa shape index (κ3) is 3.19. The molecular formula is C22H20BrNS. The lowest BCUT2D eigenvalue weighted by Crippen LogP contribution is -2.01. The minimum atomic E-state index is 0.248. The fraction of sp³-hybridized carbons (Fsp3) is 0.182. The van der Waals surface area contributed by atoms with Gasteiger partial charge in [-0.15, -0.1) is 11.3 Å². The summed E-state index contributed by atoms with van der Waals surface area (Å²) in [6.45, 7) is 4.38. The summed E-state index contributed by atoms with van der Waals surface area (Å²) >= 11 is 5.57. The summed E-state index contributed by atoms with van der Waals surface area (Å²) < 4.78 is 1.12. The Morgan fingerprint density at radius 1 is 1.08 bits per heavy atom. The van der Waals surface area contributed by atoms with E-state index in [0.717, 1.165) is 10.9 Å². The van der Waals surface area contributed by atoms with Gasteiger partial charge in [-0.25, -0.2) is 0 Å². The molecule has 0 amide bonds. The van der Waals surface area contributed by atoms with Crippen LogP contribution >= 0.6 is 27.3 Å². The van der Waals surface area contributed by atoms with E-state index in [1.54, 1.807) is 0 Å². The first-order chi connectivity index (χ1) is 12.2. The van der Waals surface area contributed by atoms with E-state index in [0.29, 0.717) is 0 Å². The predicted molar refractivity (Wildman–Crippen MR) is 112 cm³/mol. The number of halogens is 1. The van der Waals surface area contributed by atoms with Crippen LogP contribution in [0.3, 0.4) is 0 Å². The molecule has 0 aliphatic heterocycles. The maximum Gasteiger partial charge on any atom is 0.0457 e. The average molecular weight is 410 g/mol. The Bertz CT molecular complexity index is 1030. The minimum Gasteiger partial charge on any atom is -0.361 e. The molecule has 0 aliphatic rings. The molecule has 3 heteroatoms. The zero-order valence-electron chi connectivity index (χ0n) is 14.3. The van der Waals surface area contributed by atoms with Crippen LogP contribution < -0.4 is 0 Å². The molecule has 0 aliphatic carbocycles. The second kappa shape index (κ2) is 6.81. The zero-order chi connectivity index (χ0) is 17.4. The number of thiophene rings is 1. The van der Waals surface area contributed by atoms with Gasteiger partial charge in [0.2, 0.25) is 0 Å². The third-order valence-electron chi connectivity index (χ3n) is 4.68. The van der Waals surface area contributed by atoms with Crippen LogP contribution in [0, 0.1) is 6.92 Å². The second-order valence-corrected chi connectivity index (χ2v) is 8.55. The van der Waals surface area contributed by atoms with Gasteiger partial charge in [0.25, 0.3) is 0 Å². The molecule has 1 N–H and O–H groups in total. The lowest BCUT2D eigenvalue weighted by Gasteiger charge is -2.16. The molecule has 1 nitrogen and oxygen atoms in total. The molecule has 2 aromatic heterocycles. The molecule has 0 saturated carbocycles. The van der Waals surface area contributed by atoms with E-state index in [2.05, 4.69) is 95.6 Å². The SMILES string of the molecule is CCc1ccc([C@@H](c2cccc(Br)c2)c2c[nH]c3ccc(C)cc23)s1. The lowest BCUT2D eigenvalue weighted by molar-refractivity contribution is 1.01. The molecule has 0 bridgehead atoms. The summed E-state index contributed by atoms with van der Waals surface area (Å²) in [6.07, 6.45) is 3.27. The quantitative estimate of drug-likeness (QED) is 0.371. The van der Waals surface area contributed by atoms with E-state index in [4.69, 9.17) is 0 Å². The summed E-state index contributed by atoms with van der Waals surface area (Å²) in [5.41, 5.74) is 5.16. The van der Waals surface area contributed by atoms with Gasteiger partial charge in [0.15, 0.2) is 0 Å². The monoisotopic (exact) mass is 409 g/mol. The number of H-pyrrole nitrogens is 1. The van der Waals surface area contributed by atoms with Crippen molar-refractivity contribution in [2.75, 3.05) is 0 Å². The molecule has 2 aromatic carbocycles. The number of aromatic amines is 1. The molecule has 1 atom stereocenters. The molecule has 4 rings (SSSR count). The fourth-order valence-corrected chi connectivity index (χ4v) is 4.93. The van der Waals surface area contributed by atoms with Gasteiger partial charge < -0.3 is 4.98 Å². The van der Waals surface area contributed by atoms with Crippen molar-refractivity contribution in [2.45, 2.75) is 26.2 Å². The van der Waals surface area contributed by atoms with Crippen molar-refractivity contribution < 1.29 is 0 Å². The van der Waals surface area contributed by atoms with E-state index in [9.17, 15) is 0 Å². The molecule has 0 saturated heterocycles. The molecule has 25 heavy (non-hydrogen) atoms. The first-order valence-electron chi connectivity index (χ1n) is 8.57. The van der Waals surface area contributed by atoms with Gasteiger partial charge >= 0.3 is 0 Å². The van der Waals surface area contributed by atoms with Crippen LogP contribution in [0.5, 0.6) is 0 Å². The molecule has 0 radical (unpaired) electrons. The maximum atomic E-state index is 3.64. The maximum absolute atomic E-state index is 3.64. The standard InChI is InChI=1S/C22H20BrNS/c1-3-17-8-10-21(25-17)22(15-5-4-6-16(23)12-15)19-13-24-20-9-7-14(2)11-18(19)20/h4-13,22,24H,3H2,1-2H3/t22-/m0/s1. The van der Waals surface area contributed by atoms with Gasteiger partial charge in [-0.2, -0.15) is 0 Å². The van der Waals surface area contributed by atoms with Crippen LogP contribution in [0.2, 0.25) is 0 Å². The van der Waals surface area contributed by atoms with Gasteiger partial charge in [0.1, 0.15) is 0 Å². The average Bonchev–Trinajstić information content (AvgIpc) is 3.23. The van der Waals surface area contributed by atoms with Crippen molar-refractivity contribution in [3.63, 3.8) is 0 Å². The minimum absolute atomic E-state index is 0.248. The highest BCUT2D eigenvalue weighted by molar-refractivity contribution is 9.10. The normalized spacial score (nSPS) is 12.6. The van der Waals surface area contributed by atoms with Crippen LogP contribution in [-0.2, 0) is 6.42 Å². The summed E-state index contributed by atoms with van der Waals surface area (Å²) in [7, 11) is 0. The Balaban J connectivity index is 1.94. The second-order valence-electron chi connectivity index (χ2n) is 6.44. The number of hydrogen-bond donors (Lipinski definition) is 1. The van der Waals surface area contributed by atoms with Crippen LogP contribution in [0.4, 0.5) is 0 Å². The van der Waals surface area contributed by atoms with Gasteiger partial charge in [-0.1, -0.05) is 46.6 Å². The number of fused-ring (bicyclic) bond motifs is 1. The van der Waals surface area contributed by atoms with Gasteiger partial charge in [-0.3, -0.25) is 0 Å².